The van der Waals surface area contributed by atoms with Crippen molar-refractivity contribution < 1.29 is 23.5 Å². The zero-order valence-corrected chi connectivity index (χ0v) is 42.0. The molecule has 0 aromatic heterocycles. The van der Waals surface area contributed by atoms with E-state index in [1.165, 1.54) is 11.3 Å². The van der Waals surface area contributed by atoms with Gasteiger partial charge in [0.05, 0.1) is 12.7 Å². The minimum absolute atomic E-state index is 0.0414. The van der Waals surface area contributed by atoms with Crippen molar-refractivity contribution in [1.82, 2.24) is 19.6 Å². The number of hydrogen-bond donors (Lipinski definition) is 0. The molecule has 0 aliphatic carbocycles. The molecule has 4 aromatic rings. The van der Waals surface area contributed by atoms with Crippen molar-refractivity contribution in [3.8, 4) is 5.75 Å². The van der Waals surface area contributed by atoms with E-state index < -0.39 is 14.4 Å². The molecule has 0 bridgehead atoms. The van der Waals surface area contributed by atoms with Gasteiger partial charge in [-0.05, 0) is 96.7 Å². The third-order valence-electron chi connectivity index (χ3n) is 13.4. The van der Waals surface area contributed by atoms with Crippen LogP contribution in [0.5, 0.6) is 5.75 Å². The van der Waals surface area contributed by atoms with Crippen LogP contribution in [-0.4, -0.2) is 130 Å². The molecule has 0 unspecified atom stereocenters. The monoisotopic (exact) mass is 915 g/mol. The van der Waals surface area contributed by atoms with E-state index in [0.717, 1.165) is 67.4 Å². The number of nitrogens with zero attached hydrogens (tertiary/aromatic N) is 6. The van der Waals surface area contributed by atoms with E-state index in [1.54, 1.807) is 17.9 Å². The molecule has 354 valence electrons. The second-order valence-corrected chi connectivity index (χ2v) is 24.5. The highest BCUT2D eigenvalue weighted by molar-refractivity contribution is 6.74. The van der Waals surface area contributed by atoms with Crippen molar-refractivity contribution in [1.29, 1.82) is 0 Å². The molecule has 2 aliphatic rings. The Hall–Kier alpha value is -5.43. The summed E-state index contributed by atoms with van der Waals surface area (Å²) in [4.78, 5) is 54.0. The van der Waals surface area contributed by atoms with Gasteiger partial charge in [-0.25, -0.2) is 0 Å². The standard InChI is InChI=1S/C54H74N6O5Si/c1-42(2)65-50-26-19-44(20-27-50)21-28-52(62)60(41-47-17-24-49(25-18-47)58-35-33-57(34-36-58)43(3)61)51(39-45-13-11-10-12-14-45)53(63)59-31-29-56(30-32-59)40-46-15-22-48(23-16-46)55(7)37-38-64-66(8,9)54(4,5)6/h10-28,42,51H,29-41H2,1-9H3/b28-21-/t51-/m0/s1. The predicted molar refractivity (Wildman–Crippen MR) is 271 cm³/mol. The van der Waals surface area contributed by atoms with Crippen LogP contribution in [0.4, 0.5) is 11.4 Å². The SMILES string of the molecule is CC(=O)N1CCN(c2ccc(CN(C(=O)/C=C\c3ccc(OC(C)C)cc3)[C@@H](Cc3ccccc3)C(=O)N3CCN(Cc4ccc(N(C)CCO[Si](C)(C)C(C)(C)C)cc4)CC3)cc2)CC1. The fraction of sp³-hybridized carbons (Fsp3) is 0.463. The molecular weight excluding hydrogens is 841 g/mol. The molecule has 2 saturated heterocycles. The van der Waals surface area contributed by atoms with Gasteiger partial charge in [0.25, 0.3) is 0 Å². The largest absolute Gasteiger partial charge is 0.491 e. The zero-order valence-electron chi connectivity index (χ0n) is 41.0. The van der Waals surface area contributed by atoms with Gasteiger partial charge in [-0.3, -0.25) is 19.3 Å². The first-order valence-corrected chi connectivity index (χ1v) is 26.7. The van der Waals surface area contributed by atoms with E-state index >= 15 is 0 Å². The van der Waals surface area contributed by atoms with Crippen LogP contribution in [-0.2, 0) is 38.3 Å². The van der Waals surface area contributed by atoms with Crippen LogP contribution in [0.3, 0.4) is 0 Å². The van der Waals surface area contributed by atoms with E-state index in [2.05, 4.69) is 104 Å². The molecule has 6 rings (SSSR count). The summed E-state index contributed by atoms with van der Waals surface area (Å²) in [6.07, 6.45) is 3.86. The number of anilines is 2. The Bertz CT molecular complexity index is 2190. The van der Waals surface area contributed by atoms with Crippen LogP contribution in [0.1, 0.15) is 63.8 Å². The van der Waals surface area contributed by atoms with Gasteiger partial charge in [-0.15, -0.1) is 0 Å². The molecule has 1 atom stereocenters. The lowest BCUT2D eigenvalue weighted by Gasteiger charge is -2.39. The molecule has 0 spiro atoms. The zero-order chi connectivity index (χ0) is 47.4. The van der Waals surface area contributed by atoms with Gasteiger partial charge >= 0.3 is 0 Å². The molecule has 3 amide bonds. The minimum Gasteiger partial charge on any atom is -0.491 e. The van der Waals surface area contributed by atoms with Gasteiger partial charge in [0.2, 0.25) is 17.7 Å². The number of benzene rings is 4. The number of rotatable bonds is 18. The topological polar surface area (TPSA) is 89.1 Å². The molecule has 0 N–H and O–H groups in total. The quantitative estimate of drug-likeness (QED) is 0.0725. The highest BCUT2D eigenvalue weighted by atomic mass is 28.4. The van der Waals surface area contributed by atoms with E-state index in [-0.39, 0.29) is 35.4 Å². The van der Waals surface area contributed by atoms with Crippen LogP contribution >= 0.6 is 0 Å². The fourth-order valence-corrected chi connectivity index (χ4v) is 9.26. The van der Waals surface area contributed by atoms with Gasteiger partial charge in [0.1, 0.15) is 11.8 Å². The van der Waals surface area contributed by atoms with E-state index in [4.69, 9.17) is 9.16 Å². The molecule has 0 saturated carbocycles. The number of carbonyl (C=O) groups is 3. The first kappa shape index (κ1) is 50.0. The van der Waals surface area contributed by atoms with E-state index in [0.29, 0.717) is 39.2 Å². The van der Waals surface area contributed by atoms with E-state index in [1.807, 2.05) is 84.3 Å². The maximum Gasteiger partial charge on any atom is 0.247 e. The summed E-state index contributed by atoms with van der Waals surface area (Å²) in [6.45, 7) is 25.2. The first-order valence-electron chi connectivity index (χ1n) is 23.8. The second kappa shape index (κ2) is 22.8. The molecule has 4 aromatic carbocycles. The first-order chi connectivity index (χ1) is 31.5. The van der Waals surface area contributed by atoms with Crippen molar-refractivity contribution in [3.05, 3.63) is 131 Å². The maximum absolute atomic E-state index is 14.9. The van der Waals surface area contributed by atoms with Crippen molar-refractivity contribution in [2.24, 2.45) is 0 Å². The second-order valence-electron chi connectivity index (χ2n) is 19.7. The van der Waals surface area contributed by atoms with Gasteiger partial charge < -0.3 is 33.7 Å². The smallest absolute Gasteiger partial charge is 0.247 e. The number of ether oxygens (including phenoxy) is 1. The van der Waals surface area contributed by atoms with Crippen molar-refractivity contribution >= 4 is 43.5 Å². The average molecular weight is 915 g/mol. The van der Waals surface area contributed by atoms with Crippen LogP contribution in [0.15, 0.2) is 109 Å². The van der Waals surface area contributed by atoms with Gasteiger partial charge in [-0.2, -0.15) is 0 Å². The molecule has 11 nitrogen and oxygen atoms in total. The summed E-state index contributed by atoms with van der Waals surface area (Å²) in [6, 6.07) is 34.1. The van der Waals surface area contributed by atoms with Crippen molar-refractivity contribution in [2.75, 3.05) is 82.4 Å². The summed E-state index contributed by atoms with van der Waals surface area (Å²) in [5.74, 6) is 0.603. The van der Waals surface area contributed by atoms with Crippen LogP contribution in [0, 0.1) is 0 Å². The van der Waals surface area contributed by atoms with Crippen molar-refractivity contribution in [3.63, 3.8) is 0 Å². The Morgan fingerprint density at radius 1 is 0.742 bits per heavy atom. The summed E-state index contributed by atoms with van der Waals surface area (Å²) in [7, 11) is 0.330. The van der Waals surface area contributed by atoms with Gasteiger partial charge in [0, 0.05) is 110 Å². The van der Waals surface area contributed by atoms with Crippen LogP contribution in [0.25, 0.3) is 6.08 Å². The van der Waals surface area contributed by atoms with Gasteiger partial charge in [-0.1, -0.05) is 87.5 Å². The number of likely N-dealkylation sites (N-methyl/N-ethyl adjacent to an activating group) is 1. The van der Waals surface area contributed by atoms with E-state index in [9.17, 15) is 14.4 Å². The lowest BCUT2D eigenvalue weighted by atomic mass is 10.0. The molecular formula is C54H74N6O5Si. The number of hydrogen-bond acceptors (Lipinski definition) is 8. The van der Waals surface area contributed by atoms with Crippen LogP contribution in [0.2, 0.25) is 18.1 Å². The summed E-state index contributed by atoms with van der Waals surface area (Å²) in [5, 5.41) is 0.190. The third-order valence-corrected chi connectivity index (χ3v) is 18.0. The molecule has 2 fully saturated rings. The predicted octanol–water partition coefficient (Wildman–Crippen LogP) is 8.60. The van der Waals surface area contributed by atoms with Crippen molar-refractivity contribution in [2.45, 2.75) is 91.3 Å². The molecule has 2 aliphatic heterocycles. The molecule has 0 radical (unpaired) electrons. The Morgan fingerprint density at radius 3 is 1.94 bits per heavy atom. The molecule has 12 heteroatoms. The summed E-state index contributed by atoms with van der Waals surface area (Å²) in [5.41, 5.74) is 6.27. The maximum atomic E-state index is 14.9. The number of carbonyl (C=O) groups excluding carboxylic acids is 3. The molecule has 2 heterocycles. The van der Waals surface area contributed by atoms with Gasteiger partial charge in [0.15, 0.2) is 8.32 Å². The Balaban J connectivity index is 1.16. The van der Waals surface area contributed by atoms with Crippen LogP contribution < -0.4 is 14.5 Å². The average Bonchev–Trinajstić information content (AvgIpc) is 3.30. The molecule has 66 heavy (non-hydrogen) atoms. The Morgan fingerprint density at radius 2 is 1.35 bits per heavy atom. The minimum atomic E-state index is -1.79. The summed E-state index contributed by atoms with van der Waals surface area (Å²) >= 11 is 0. The lowest BCUT2D eigenvalue weighted by Crippen LogP contribution is -2.56. The third kappa shape index (κ3) is 14.0. The normalized spacial score (nSPS) is 15.6. The number of amides is 3. The highest BCUT2D eigenvalue weighted by Crippen LogP contribution is 2.36. The Labute approximate surface area is 396 Å². The Kier molecular flexibility index (Phi) is 17.3. The summed E-state index contributed by atoms with van der Waals surface area (Å²) < 4.78 is 12.3. The number of piperazine rings is 2. The fourth-order valence-electron chi connectivity index (χ4n) is 8.23. The highest BCUT2D eigenvalue weighted by Gasteiger charge is 2.37. The lowest BCUT2D eigenvalue weighted by molar-refractivity contribution is -0.145.